The van der Waals surface area contributed by atoms with Gasteiger partial charge in [0.15, 0.2) is 5.82 Å². The molecule has 0 amide bonds. The molecule has 0 aliphatic rings. The molecule has 0 saturated heterocycles. The highest BCUT2D eigenvalue weighted by molar-refractivity contribution is 9.10. The molecule has 0 spiro atoms. The van der Waals surface area contributed by atoms with Gasteiger partial charge < -0.3 is 5.11 Å². The van der Waals surface area contributed by atoms with E-state index in [9.17, 15) is 18.0 Å². The number of carboxylic acids is 1. The van der Waals surface area contributed by atoms with E-state index >= 15 is 0 Å². The predicted molar refractivity (Wildman–Crippen MR) is 76.8 cm³/mol. The molecule has 0 bridgehead atoms. The van der Waals surface area contributed by atoms with E-state index in [1.807, 2.05) is 0 Å². The molecule has 0 atom stereocenters. The number of aromatic nitrogens is 2. The number of aromatic amines is 1. The number of aromatic carboxylic acids is 1. The number of nitrogens with one attached hydrogen (secondary N) is 2. The van der Waals surface area contributed by atoms with Gasteiger partial charge in [0.05, 0.1) is 10.5 Å². The van der Waals surface area contributed by atoms with Crippen LogP contribution in [0.2, 0.25) is 0 Å². The second-order valence-corrected chi connectivity index (χ2v) is 6.40. The molecule has 0 aliphatic carbocycles. The summed E-state index contributed by atoms with van der Waals surface area (Å²) < 4.78 is 26.6. The summed E-state index contributed by atoms with van der Waals surface area (Å²) in [5.74, 6) is -1.35. The second kappa shape index (κ2) is 5.66. The zero-order valence-corrected chi connectivity index (χ0v) is 12.6. The average Bonchev–Trinajstić information content (AvgIpc) is 2.41. The summed E-state index contributed by atoms with van der Waals surface area (Å²) in [6, 6.07) is 5.87. The van der Waals surface area contributed by atoms with Crippen molar-refractivity contribution in [3.05, 3.63) is 50.7 Å². The monoisotopic (exact) mass is 373 g/mol. The van der Waals surface area contributed by atoms with Gasteiger partial charge in [-0.2, -0.15) is 5.10 Å². The number of nitrogens with zero attached hydrogens (tertiary/aromatic N) is 1. The van der Waals surface area contributed by atoms with E-state index in [0.29, 0.717) is 0 Å². The summed E-state index contributed by atoms with van der Waals surface area (Å²) in [4.78, 5) is 21.6. The summed E-state index contributed by atoms with van der Waals surface area (Å²) in [5, 5.41) is 14.6. The Kier molecular flexibility index (Phi) is 4.09. The lowest BCUT2D eigenvalue weighted by atomic mass is 10.2. The van der Waals surface area contributed by atoms with Gasteiger partial charge in [0, 0.05) is 10.5 Å². The topological polar surface area (TPSA) is 129 Å². The van der Waals surface area contributed by atoms with E-state index in [2.05, 4.69) is 30.8 Å². The van der Waals surface area contributed by atoms with Gasteiger partial charge in [0.25, 0.3) is 15.6 Å². The molecule has 0 saturated carbocycles. The van der Waals surface area contributed by atoms with Crippen LogP contribution in [0.1, 0.15) is 10.4 Å². The maximum Gasteiger partial charge on any atom is 0.336 e. The third kappa shape index (κ3) is 3.47. The Morgan fingerprint density at radius 2 is 2.00 bits per heavy atom. The number of rotatable bonds is 4. The van der Waals surface area contributed by atoms with E-state index in [4.69, 9.17) is 5.11 Å². The lowest BCUT2D eigenvalue weighted by molar-refractivity contribution is 0.0695. The molecule has 1 aromatic carbocycles. The fraction of sp³-hybridized carbons (Fsp3) is 0. The normalized spacial score (nSPS) is 11.1. The first kappa shape index (κ1) is 15.2. The van der Waals surface area contributed by atoms with Crippen LogP contribution in [0.5, 0.6) is 0 Å². The van der Waals surface area contributed by atoms with Gasteiger partial charge in [0.2, 0.25) is 0 Å². The third-order valence-corrected chi connectivity index (χ3v) is 4.44. The quantitative estimate of drug-likeness (QED) is 0.733. The van der Waals surface area contributed by atoms with Gasteiger partial charge in [-0.1, -0.05) is 0 Å². The molecule has 110 valence electrons. The molecule has 2 aromatic rings. The van der Waals surface area contributed by atoms with Crippen LogP contribution in [0.3, 0.4) is 0 Å². The Bertz CT molecular complexity index is 842. The molecule has 1 aromatic heterocycles. The second-order valence-electron chi connectivity index (χ2n) is 3.86. The van der Waals surface area contributed by atoms with Gasteiger partial charge in [-0.05, 0) is 40.2 Å². The number of H-pyrrole nitrogens is 1. The maximum absolute atomic E-state index is 12.1. The average molecular weight is 374 g/mol. The minimum Gasteiger partial charge on any atom is -0.478 e. The van der Waals surface area contributed by atoms with Crippen LogP contribution in [0.25, 0.3) is 0 Å². The van der Waals surface area contributed by atoms with Crippen LogP contribution in [-0.4, -0.2) is 29.7 Å². The Labute approximate surface area is 127 Å². The highest BCUT2D eigenvalue weighted by Crippen LogP contribution is 2.22. The highest BCUT2D eigenvalue weighted by atomic mass is 79.9. The van der Waals surface area contributed by atoms with Gasteiger partial charge >= 0.3 is 5.97 Å². The van der Waals surface area contributed by atoms with Crippen LogP contribution in [-0.2, 0) is 10.0 Å². The lowest BCUT2D eigenvalue weighted by Gasteiger charge is -2.08. The van der Waals surface area contributed by atoms with Crippen molar-refractivity contribution in [3.8, 4) is 0 Å². The number of halogens is 1. The molecule has 0 radical (unpaired) electrons. The van der Waals surface area contributed by atoms with Crippen LogP contribution in [0.15, 0.2) is 44.5 Å². The Hall–Kier alpha value is -2.20. The van der Waals surface area contributed by atoms with Gasteiger partial charge in [0.1, 0.15) is 0 Å². The SMILES string of the molecule is O=C(O)c1cc(S(=O)(=O)Nc2ccc(=O)[nH]n2)ccc1Br. The number of carbonyl (C=O) groups is 1. The summed E-state index contributed by atoms with van der Waals surface area (Å²) >= 11 is 3.02. The highest BCUT2D eigenvalue weighted by Gasteiger charge is 2.18. The first-order chi connectivity index (χ1) is 9.79. The van der Waals surface area contributed by atoms with Crippen molar-refractivity contribution >= 4 is 37.7 Å². The first-order valence-electron chi connectivity index (χ1n) is 5.41. The largest absolute Gasteiger partial charge is 0.478 e. The first-order valence-corrected chi connectivity index (χ1v) is 7.68. The molecule has 2 rings (SSSR count). The fourth-order valence-corrected chi connectivity index (χ4v) is 2.88. The van der Waals surface area contributed by atoms with Crippen LogP contribution in [0.4, 0.5) is 5.82 Å². The van der Waals surface area contributed by atoms with Crippen molar-refractivity contribution < 1.29 is 18.3 Å². The van der Waals surface area contributed by atoms with Crippen LogP contribution < -0.4 is 10.3 Å². The summed E-state index contributed by atoms with van der Waals surface area (Å²) in [5.41, 5.74) is -0.665. The van der Waals surface area contributed by atoms with Crippen molar-refractivity contribution in [2.75, 3.05) is 4.72 Å². The molecule has 3 N–H and O–H groups in total. The molecule has 10 heteroatoms. The van der Waals surface area contributed by atoms with E-state index in [1.165, 1.54) is 18.2 Å². The van der Waals surface area contributed by atoms with Crippen molar-refractivity contribution in [3.63, 3.8) is 0 Å². The third-order valence-electron chi connectivity index (χ3n) is 2.40. The zero-order valence-electron chi connectivity index (χ0n) is 10.2. The molecule has 0 aliphatic heterocycles. The van der Waals surface area contributed by atoms with E-state index in [-0.39, 0.29) is 20.7 Å². The van der Waals surface area contributed by atoms with E-state index in [1.54, 1.807) is 0 Å². The van der Waals surface area contributed by atoms with E-state index < -0.39 is 21.6 Å². The van der Waals surface area contributed by atoms with Crippen LogP contribution in [0, 0.1) is 0 Å². The van der Waals surface area contributed by atoms with Crippen LogP contribution >= 0.6 is 15.9 Å². The van der Waals surface area contributed by atoms with Crippen molar-refractivity contribution in [1.82, 2.24) is 10.2 Å². The standard InChI is InChI=1S/C11H8BrN3O5S/c12-8-2-1-6(5-7(8)11(17)18)21(19,20)15-9-3-4-10(16)14-13-9/h1-5H,(H,13,15)(H,14,16)(H,17,18). The molecular weight excluding hydrogens is 366 g/mol. The lowest BCUT2D eigenvalue weighted by Crippen LogP contribution is -2.17. The van der Waals surface area contributed by atoms with Crippen molar-refractivity contribution in [1.29, 1.82) is 0 Å². The summed E-state index contributed by atoms with van der Waals surface area (Å²) in [6.45, 7) is 0. The van der Waals surface area contributed by atoms with Gasteiger partial charge in [-0.15, -0.1) is 0 Å². The summed E-state index contributed by atoms with van der Waals surface area (Å²) in [6.07, 6.45) is 0. The number of anilines is 1. The zero-order chi connectivity index (χ0) is 15.6. The number of hydrogen-bond donors (Lipinski definition) is 3. The Morgan fingerprint density at radius 3 is 2.57 bits per heavy atom. The summed E-state index contributed by atoms with van der Waals surface area (Å²) in [7, 11) is -4.02. The Morgan fingerprint density at radius 1 is 1.29 bits per heavy atom. The number of benzene rings is 1. The fourth-order valence-electron chi connectivity index (χ4n) is 1.43. The van der Waals surface area contributed by atoms with Gasteiger partial charge in [-0.3, -0.25) is 9.52 Å². The molecule has 8 nitrogen and oxygen atoms in total. The number of sulfonamides is 1. The molecule has 0 unspecified atom stereocenters. The molecule has 21 heavy (non-hydrogen) atoms. The number of carboxylic acid groups (broad SMARTS) is 1. The molecule has 1 heterocycles. The Balaban J connectivity index is 2.40. The van der Waals surface area contributed by atoms with Crippen molar-refractivity contribution in [2.45, 2.75) is 4.90 Å². The maximum atomic E-state index is 12.1. The molecular formula is C11H8BrN3O5S. The minimum atomic E-state index is -4.02. The smallest absolute Gasteiger partial charge is 0.336 e. The van der Waals surface area contributed by atoms with Gasteiger partial charge in [-0.25, -0.2) is 18.3 Å². The van der Waals surface area contributed by atoms with Crippen molar-refractivity contribution in [2.24, 2.45) is 0 Å². The number of hydrogen-bond acceptors (Lipinski definition) is 5. The minimum absolute atomic E-state index is 0.0885. The van der Waals surface area contributed by atoms with E-state index in [0.717, 1.165) is 12.1 Å². The molecule has 0 fully saturated rings. The predicted octanol–water partition coefficient (Wildman–Crippen LogP) is 1.03.